The second-order valence-electron chi connectivity index (χ2n) is 4.28. The fourth-order valence-corrected chi connectivity index (χ4v) is 2.21. The fourth-order valence-electron chi connectivity index (χ4n) is 2.21. The summed E-state index contributed by atoms with van der Waals surface area (Å²) in [6.45, 7) is 0. The molecule has 0 aliphatic heterocycles. The third-order valence-electron chi connectivity index (χ3n) is 3.15. The lowest BCUT2D eigenvalue weighted by Gasteiger charge is -2.08. The number of fused-ring (bicyclic) bond motifs is 1. The average Bonchev–Trinajstić information content (AvgIpc) is 2.94. The van der Waals surface area contributed by atoms with Crippen LogP contribution in [-0.4, -0.2) is 27.3 Å². The Bertz CT molecular complexity index is 598. The Morgan fingerprint density at radius 2 is 2.11 bits per heavy atom. The zero-order chi connectivity index (χ0) is 13.2. The molecule has 19 heavy (non-hydrogen) atoms. The highest BCUT2D eigenvalue weighted by Gasteiger charge is 2.19. The van der Waals surface area contributed by atoms with Gasteiger partial charge in [-0.3, -0.25) is 0 Å². The zero-order valence-corrected chi connectivity index (χ0v) is 10.6. The zero-order valence-electron chi connectivity index (χ0n) is 10.6. The topological polar surface area (TPSA) is 98.8 Å². The summed E-state index contributed by atoms with van der Waals surface area (Å²) in [5.74, 6) is 7.19. The van der Waals surface area contributed by atoms with E-state index in [9.17, 15) is 0 Å². The first kappa shape index (κ1) is 11.8. The number of hydrogen-bond acceptors (Lipinski definition) is 7. The fraction of sp³-hybridized carbons (Fsp3) is 0.333. The number of anilines is 1. The lowest BCUT2D eigenvalue weighted by atomic mass is 10.2. The first-order valence-corrected chi connectivity index (χ1v) is 6.06. The molecule has 0 fully saturated rings. The Labute approximate surface area is 110 Å². The molecule has 3 rings (SSSR count). The van der Waals surface area contributed by atoms with E-state index in [1.807, 2.05) is 0 Å². The summed E-state index contributed by atoms with van der Waals surface area (Å²) in [5, 5.41) is 7.97. The van der Waals surface area contributed by atoms with Gasteiger partial charge < -0.3 is 10.2 Å². The van der Waals surface area contributed by atoms with Gasteiger partial charge in [-0.15, -0.1) is 10.2 Å². The highest BCUT2D eigenvalue weighted by atomic mass is 16.5. The van der Waals surface area contributed by atoms with Gasteiger partial charge in [0.15, 0.2) is 5.82 Å². The molecular weight excluding hydrogens is 244 g/mol. The Hall–Kier alpha value is -2.28. The molecule has 2 aromatic rings. The molecule has 0 spiro atoms. The number of nitrogen functional groups attached to an aromatic ring is 1. The van der Waals surface area contributed by atoms with Crippen molar-refractivity contribution in [2.24, 2.45) is 5.84 Å². The summed E-state index contributed by atoms with van der Waals surface area (Å²) in [6, 6.07) is 3.51. The van der Waals surface area contributed by atoms with Crippen LogP contribution in [0.2, 0.25) is 0 Å². The molecule has 0 radical (unpaired) electrons. The summed E-state index contributed by atoms with van der Waals surface area (Å²) in [5.41, 5.74) is 5.38. The summed E-state index contributed by atoms with van der Waals surface area (Å²) >= 11 is 0. The highest BCUT2D eigenvalue weighted by Crippen LogP contribution is 2.28. The predicted molar refractivity (Wildman–Crippen MR) is 69.4 cm³/mol. The molecule has 0 aromatic carbocycles. The maximum Gasteiger partial charge on any atom is 0.233 e. The molecule has 98 valence electrons. The first-order chi connectivity index (χ1) is 9.31. The number of hydrogen-bond donors (Lipinski definition) is 2. The van der Waals surface area contributed by atoms with Crippen LogP contribution in [0.1, 0.15) is 17.7 Å². The Morgan fingerprint density at radius 3 is 2.79 bits per heavy atom. The molecule has 7 heteroatoms. The van der Waals surface area contributed by atoms with Crippen LogP contribution in [0.5, 0.6) is 5.88 Å². The van der Waals surface area contributed by atoms with E-state index in [0.29, 0.717) is 23.2 Å². The summed E-state index contributed by atoms with van der Waals surface area (Å²) < 4.78 is 4.98. The minimum atomic E-state index is 0.460. The highest BCUT2D eigenvalue weighted by molar-refractivity contribution is 5.57. The lowest BCUT2D eigenvalue weighted by molar-refractivity contribution is 0.392. The van der Waals surface area contributed by atoms with Crippen molar-refractivity contribution in [3.05, 3.63) is 23.4 Å². The van der Waals surface area contributed by atoms with E-state index in [0.717, 1.165) is 30.5 Å². The molecule has 1 aliphatic rings. The molecule has 2 aromatic heterocycles. The number of aryl methyl sites for hydroxylation is 1. The quantitative estimate of drug-likeness (QED) is 0.618. The molecular formula is C12H14N6O. The SMILES string of the molecule is COc1ccc(-c2nc3c(c(NN)n2)CCC3)nn1. The van der Waals surface area contributed by atoms with Crippen molar-refractivity contribution in [2.75, 3.05) is 12.5 Å². The van der Waals surface area contributed by atoms with Gasteiger partial charge in [0, 0.05) is 17.3 Å². The van der Waals surface area contributed by atoms with Crippen molar-refractivity contribution >= 4 is 5.82 Å². The van der Waals surface area contributed by atoms with Gasteiger partial charge >= 0.3 is 0 Å². The van der Waals surface area contributed by atoms with Crippen LogP contribution in [-0.2, 0) is 12.8 Å². The average molecular weight is 258 g/mol. The van der Waals surface area contributed by atoms with Gasteiger partial charge in [0.25, 0.3) is 0 Å². The van der Waals surface area contributed by atoms with Gasteiger partial charge in [-0.05, 0) is 25.3 Å². The largest absolute Gasteiger partial charge is 0.480 e. The third-order valence-corrected chi connectivity index (χ3v) is 3.15. The standard InChI is InChI=1S/C12H14N6O/c1-19-10-6-5-9(17-18-10)12-14-8-4-2-3-7(8)11(15-12)16-13/h5-6H,2-4,13H2,1H3,(H,14,15,16). The molecule has 0 saturated carbocycles. The molecule has 3 N–H and O–H groups in total. The van der Waals surface area contributed by atoms with Crippen LogP contribution in [0, 0.1) is 0 Å². The Balaban J connectivity index is 2.04. The van der Waals surface area contributed by atoms with Crippen LogP contribution >= 0.6 is 0 Å². The van der Waals surface area contributed by atoms with Crippen LogP contribution in [0.4, 0.5) is 5.82 Å². The maximum atomic E-state index is 5.52. The molecule has 0 unspecified atom stereocenters. The molecule has 0 saturated heterocycles. The van der Waals surface area contributed by atoms with Crippen molar-refractivity contribution < 1.29 is 4.74 Å². The monoisotopic (exact) mass is 258 g/mol. The predicted octanol–water partition coefficient (Wildman–Crippen LogP) is 0.716. The minimum Gasteiger partial charge on any atom is -0.480 e. The molecule has 0 atom stereocenters. The van der Waals surface area contributed by atoms with E-state index < -0.39 is 0 Å². The van der Waals surface area contributed by atoms with Gasteiger partial charge in [-0.1, -0.05) is 0 Å². The molecule has 0 amide bonds. The van der Waals surface area contributed by atoms with Crippen molar-refractivity contribution in [3.63, 3.8) is 0 Å². The van der Waals surface area contributed by atoms with Gasteiger partial charge in [-0.25, -0.2) is 15.8 Å². The minimum absolute atomic E-state index is 0.460. The van der Waals surface area contributed by atoms with Crippen molar-refractivity contribution in [1.82, 2.24) is 20.2 Å². The van der Waals surface area contributed by atoms with E-state index in [4.69, 9.17) is 10.6 Å². The first-order valence-electron chi connectivity index (χ1n) is 6.06. The van der Waals surface area contributed by atoms with Gasteiger partial charge in [0.05, 0.1) is 7.11 Å². The number of methoxy groups -OCH3 is 1. The number of hydrazine groups is 1. The number of nitrogens with zero attached hydrogens (tertiary/aromatic N) is 4. The van der Waals surface area contributed by atoms with Crippen molar-refractivity contribution in [2.45, 2.75) is 19.3 Å². The van der Waals surface area contributed by atoms with Crippen molar-refractivity contribution in [3.8, 4) is 17.4 Å². The van der Waals surface area contributed by atoms with Crippen LogP contribution in [0.15, 0.2) is 12.1 Å². The number of rotatable bonds is 3. The Morgan fingerprint density at radius 1 is 1.21 bits per heavy atom. The summed E-state index contributed by atoms with van der Waals surface area (Å²) in [4.78, 5) is 8.94. The number of nitrogens with two attached hydrogens (primary N) is 1. The summed E-state index contributed by atoms with van der Waals surface area (Å²) in [6.07, 6.45) is 2.99. The summed E-state index contributed by atoms with van der Waals surface area (Å²) in [7, 11) is 1.55. The number of nitrogens with one attached hydrogen (secondary N) is 1. The van der Waals surface area contributed by atoms with E-state index in [1.54, 1.807) is 19.2 Å². The molecule has 1 aliphatic carbocycles. The van der Waals surface area contributed by atoms with E-state index in [2.05, 4.69) is 25.6 Å². The Kier molecular flexibility index (Phi) is 2.96. The van der Waals surface area contributed by atoms with Crippen LogP contribution in [0.3, 0.4) is 0 Å². The van der Waals surface area contributed by atoms with E-state index in [1.165, 1.54) is 0 Å². The molecule has 0 bridgehead atoms. The number of aromatic nitrogens is 4. The lowest BCUT2D eigenvalue weighted by Crippen LogP contribution is -2.13. The normalized spacial score (nSPS) is 13.2. The smallest absolute Gasteiger partial charge is 0.233 e. The van der Waals surface area contributed by atoms with Crippen molar-refractivity contribution in [1.29, 1.82) is 0 Å². The van der Waals surface area contributed by atoms with E-state index >= 15 is 0 Å². The number of ether oxygens (including phenoxy) is 1. The van der Waals surface area contributed by atoms with Gasteiger partial charge in [0.2, 0.25) is 5.88 Å². The second-order valence-corrected chi connectivity index (χ2v) is 4.28. The molecule has 2 heterocycles. The van der Waals surface area contributed by atoms with Crippen LogP contribution < -0.4 is 16.0 Å². The third kappa shape index (κ3) is 2.08. The maximum absolute atomic E-state index is 5.52. The van der Waals surface area contributed by atoms with Gasteiger partial charge in [-0.2, -0.15) is 0 Å². The molecule has 7 nitrogen and oxygen atoms in total. The van der Waals surface area contributed by atoms with Crippen LogP contribution in [0.25, 0.3) is 11.5 Å². The van der Waals surface area contributed by atoms with Gasteiger partial charge in [0.1, 0.15) is 11.5 Å². The second kappa shape index (κ2) is 4.77. The van der Waals surface area contributed by atoms with E-state index in [-0.39, 0.29) is 0 Å².